The van der Waals surface area contributed by atoms with Crippen molar-refractivity contribution in [3.05, 3.63) is 45.8 Å². The highest BCUT2D eigenvalue weighted by Crippen LogP contribution is 2.37. The highest BCUT2D eigenvalue weighted by atomic mass is 32.2. The molecule has 0 saturated carbocycles. The number of rotatable bonds is 5. The van der Waals surface area contributed by atoms with Crippen LogP contribution in [0.5, 0.6) is 0 Å². The molecule has 2 atom stereocenters. The minimum absolute atomic E-state index is 0.198. The molecule has 1 aromatic heterocycles. The normalized spacial score (nSPS) is 21.8. The van der Waals surface area contributed by atoms with Gasteiger partial charge < -0.3 is 5.32 Å². The first-order valence-electron chi connectivity index (χ1n) is 11.8. The van der Waals surface area contributed by atoms with E-state index in [4.69, 9.17) is 0 Å². The lowest BCUT2D eigenvalue weighted by Crippen LogP contribution is -2.42. The first kappa shape index (κ1) is 24.9. The van der Waals surface area contributed by atoms with Gasteiger partial charge in [-0.05, 0) is 68.4 Å². The SMILES string of the molecule is CC1CC(C)CN(S(=O)(=O)c2ccc(C(=O)Nc3sc4c(c3C#N)CCN(C(C)C)C4)cc2)C1. The predicted octanol–water partition coefficient (Wildman–Crippen LogP) is 4.31. The van der Waals surface area contributed by atoms with Gasteiger partial charge in [0.25, 0.3) is 5.91 Å². The van der Waals surface area contributed by atoms with Gasteiger partial charge in [-0.15, -0.1) is 11.3 Å². The number of carbonyl (C=O) groups excluding carboxylic acids is 1. The standard InChI is InChI=1S/C25H32N4O3S2/c1-16(2)28-10-9-21-22(12-26)25(33-23(21)15-28)27-24(30)19-5-7-20(8-6-19)34(31,32)29-13-17(3)11-18(4)14-29/h5-8,16-18H,9-11,13-15H2,1-4H3,(H,27,30). The molecule has 2 aliphatic rings. The monoisotopic (exact) mass is 500 g/mol. The van der Waals surface area contributed by atoms with Crippen LogP contribution in [0.2, 0.25) is 0 Å². The van der Waals surface area contributed by atoms with Crippen molar-refractivity contribution < 1.29 is 13.2 Å². The van der Waals surface area contributed by atoms with E-state index in [0.29, 0.717) is 47.1 Å². The highest BCUT2D eigenvalue weighted by molar-refractivity contribution is 7.89. The summed E-state index contributed by atoms with van der Waals surface area (Å²) in [6, 6.07) is 8.77. The highest BCUT2D eigenvalue weighted by Gasteiger charge is 2.32. The Kier molecular flexibility index (Phi) is 7.15. The largest absolute Gasteiger partial charge is 0.312 e. The minimum Gasteiger partial charge on any atom is -0.312 e. The van der Waals surface area contributed by atoms with E-state index in [-0.39, 0.29) is 10.8 Å². The van der Waals surface area contributed by atoms with Crippen LogP contribution in [0, 0.1) is 23.2 Å². The third-order valence-electron chi connectivity index (χ3n) is 6.75. The molecule has 1 N–H and O–H groups in total. The number of benzene rings is 1. The summed E-state index contributed by atoms with van der Waals surface area (Å²) >= 11 is 1.46. The Labute approximate surface area is 206 Å². The zero-order chi connectivity index (χ0) is 24.6. The number of fused-ring (bicyclic) bond motifs is 1. The van der Waals surface area contributed by atoms with Crippen molar-refractivity contribution >= 4 is 32.3 Å². The molecule has 0 aliphatic carbocycles. The minimum atomic E-state index is -3.60. The van der Waals surface area contributed by atoms with Gasteiger partial charge in [0.1, 0.15) is 11.1 Å². The van der Waals surface area contributed by atoms with Crippen LogP contribution in [0.3, 0.4) is 0 Å². The summed E-state index contributed by atoms with van der Waals surface area (Å²) in [5.74, 6) is 0.296. The summed E-state index contributed by atoms with van der Waals surface area (Å²) in [4.78, 5) is 16.6. The number of amides is 1. The van der Waals surface area contributed by atoms with Crippen molar-refractivity contribution in [1.82, 2.24) is 9.21 Å². The second-order valence-corrected chi connectivity index (χ2v) is 12.9. The van der Waals surface area contributed by atoms with Crippen LogP contribution in [0.25, 0.3) is 0 Å². The number of anilines is 1. The lowest BCUT2D eigenvalue weighted by atomic mass is 9.94. The maximum absolute atomic E-state index is 13.1. The van der Waals surface area contributed by atoms with Crippen molar-refractivity contribution in [2.75, 3.05) is 25.0 Å². The number of thiophene rings is 1. The molecule has 3 heterocycles. The maximum atomic E-state index is 13.1. The molecule has 1 saturated heterocycles. The summed E-state index contributed by atoms with van der Waals surface area (Å²) in [6.07, 6.45) is 1.82. The smallest absolute Gasteiger partial charge is 0.256 e. The van der Waals surface area contributed by atoms with Crippen LogP contribution in [0.4, 0.5) is 5.00 Å². The van der Waals surface area contributed by atoms with E-state index in [9.17, 15) is 18.5 Å². The fourth-order valence-corrected chi connectivity index (χ4v) is 7.87. The lowest BCUT2D eigenvalue weighted by molar-refractivity contribution is 0.102. The van der Waals surface area contributed by atoms with Gasteiger partial charge in [0, 0.05) is 42.7 Å². The zero-order valence-corrected chi connectivity index (χ0v) is 21.8. The van der Waals surface area contributed by atoms with E-state index in [1.807, 2.05) is 0 Å². The molecule has 2 unspecified atom stereocenters. The van der Waals surface area contributed by atoms with Crippen molar-refractivity contribution in [3.8, 4) is 6.07 Å². The first-order valence-corrected chi connectivity index (χ1v) is 14.1. The van der Waals surface area contributed by atoms with Crippen LogP contribution in [-0.2, 0) is 23.0 Å². The Morgan fingerprint density at radius 1 is 1.18 bits per heavy atom. The van der Waals surface area contributed by atoms with Crippen molar-refractivity contribution in [2.45, 2.75) is 58.0 Å². The van der Waals surface area contributed by atoms with Crippen LogP contribution in [0.15, 0.2) is 29.2 Å². The molecule has 4 rings (SSSR count). The average molecular weight is 501 g/mol. The maximum Gasteiger partial charge on any atom is 0.256 e. The number of hydrogen-bond acceptors (Lipinski definition) is 6. The summed E-state index contributed by atoms with van der Waals surface area (Å²) < 4.78 is 27.8. The fraction of sp³-hybridized carbons (Fsp3) is 0.520. The second-order valence-electron chi connectivity index (χ2n) is 9.88. The van der Waals surface area contributed by atoms with Gasteiger partial charge in [-0.25, -0.2) is 8.42 Å². The van der Waals surface area contributed by atoms with Gasteiger partial charge in [-0.2, -0.15) is 9.57 Å². The van der Waals surface area contributed by atoms with Crippen LogP contribution in [0.1, 0.15) is 60.5 Å². The Morgan fingerprint density at radius 3 is 2.41 bits per heavy atom. The van der Waals surface area contributed by atoms with Gasteiger partial charge in [0.05, 0.1) is 10.5 Å². The van der Waals surface area contributed by atoms with Crippen LogP contribution >= 0.6 is 11.3 Å². The third kappa shape index (κ3) is 4.91. The summed E-state index contributed by atoms with van der Waals surface area (Å²) in [7, 11) is -3.60. The number of sulfonamides is 1. The average Bonchev–Trinajstić information content (AvgIpc) is 3.14. The molecule has 2 aromatic rings. The van der Waals surface area contributed by atoms with Gasteiger partial charge >= 0.3 is 0 Å². The number of nitrogens with zero attached hydrogens (tertiary/aromatic N) is 3. The third-order valence-corrected chi connectivity index (χ3v) is 9.72. The molecule has 182 valence electrons. The molecule has 7 nitrogen and oxygen atoms in total. The fourth-order valence-electron chi connectivity index (χ4n) is 4.98. The first-order chi connectivity index (χ1) is 16.1. The van der Waals surface area contributed by atoms with E-state index in [2.05, 4.69) is 44.0 Å². The van der Waals surface area contributed by atoms with E-state index < -0.39 is 10.0 Å². The van der Waals surface area contributed by atoms with Crippen molar-refractivity contribution in [3.63, 3.8) is 0 Å². The quantitative estimate of drug-likeness (QED) is 0.660. The molecule has 0 spiro atoms. The Balaban J connectivity index is 1.50. The topological polar surface area (TPSA) is 93.5 Å². The molecular weight excluding hydrogens is 468 g/mol. The van der Waals surface area contributed by atoms with Gasteiger partial charge in [0.2, 0.25) is 10.0 Å². The number of carbonyl (C=O) groups is 1. The number of hydrogen-bond donors (Lipinski definition) is 1. The Morgan fingerprint density at radius 2 is 1.82 bits per heavy atom. The molecule has 1 fully saturated rings. The van der Waals surface area contributed by atoms with E-state index in [1.165, 1.54) is 23.5 Å². The number of nitrogens with one attached hydrogen (secondary N) is 1. The van der Waals surface area contributed by atoms with E-state index in [0.717, 1.165) is 36.4 Å². The molecule has 2 aliphatic heterocycles. The molecule has 0 bridgehead atoms. The van der Waals surface area contributed by atoms with Crippen LogP contribution < -0.4 is 5.32 Å². The number of nitriles is 1. The zero-order valence-electron chi connectivity index (χ0n) is 20.2. The molecule has 1 aromatic carbocycles. The van der Waals surface area contributed by atoms with E-state index >= 15 is 0 Å². The Hall–Kier alpha value is -2.25. The molecule has 1 amide bonds. The molecule has 9 heteroatoms. The van der Waals surface area contributed by atoms with Crippen molar-refractivity contribution in [2.24, 2.45) is 11.8 Å². The van der Waals surface area contributed by atoms with Crippen molar-refractivity contribution in [1.29, 1.82) is 5.26 Å². The summed E-state index contributed by atoms with van der Waals surface area (Å²) in [5, 5.41) is 13.2. The number of piperidine rings is 1. The summed E-state index contributed by atoms with van der Waals surface area (Å²) in [5.41, 5.74) is 1.94. The van der Waals surface area contributed by atoms with Gasteiger partial charge in [-0.1, -0.05) is 13.8 Å². The molecule has 0 radical (unpaired) electrons. The lowest BCUT2D eigenvalue weighted by Gasteiger charge is -2.34. The predicted molar refractivity (Wildman–Crippen MR) is 134 cm³/mol. The van der Waals surface area contributed by atoms with Gasteiger partial charge in [0.15, 0.2) is 0 Å². The molecule has 34 heavy (non-hydrogen) atoms. The van der Waals surface area contributed by atoms with Crippen LogP contribution in [-0.4, -0.2) is 49.2 Å². The van der Waals surface area contributed by atoms with Gasteiger partial charge in [-0.3, -0.25) is 9.69 Å². The van der Waals surface area contributed by atoms with E-state index in [1.54, 1.807) is 16.4 Å². The Bertz CT molecular complexity index is 1200. The second kappa shape index (κ2) is 9.78. The molecular formula is C25H32N4O3S2. The summed E-state index contributed by atoms with van der Waals surface area (Å²) in [6.45, 7) is 11.2.